The maximum Gasteiger partial charge on any atom is 0.436 e. The highest BCUT2D eigenvalue weighted by molar-refractivity contribution is 5.67. The lowest BCUT2D eigenvalue weighted by Crippen LogP contribution is -2.40. The van der Waals surface area contributed by atoms with Crippen molar-refractivity contribution in [2.75, 3.05) is 6.61 Å². The first-order valence-electron chi connectivity index (χ1n) is 6.63. The van der Waals surface area contributed by atoms with Gasteiger partial charge in [0, 0.05) is 13.8 Å². The lowest BCUT2D eigenvalue weighted by atomic mass is 10.1. The minimum Gasteiger partial charge on any atom is -0.455 e. The molecule has 0 unspecified atom stereocenters. The van der Waals surface area contributed by atoms with Gasteiger partial charge in [-0.2, -0.15) is 4.57 Å². The van der Waals surface area contributed by atoms with Gasteiger partial charge in [0.15, 0.2) is 12.2 Å². The predicted molar refractivity (Wildman–Crippen MR) is 71.0 cm³/mol. The van der Waals surface area contributed by atoms with E-state index in [9.17, 15) is 24.8 Å². The molecule has 0 radical (unpaired) electrons. The van der Waals surface area contributed by atoms with Crippen molar-refractivity contribution < 1.29 is 33.8 Å². The second kappa shape index (κ2) is 6.71. The van der Waals surface area contributed by atoms with Crippen molar-refractivity contribution in [2.45, 2.75) is 38.4 Å². The minimum atomic E-state index is -1.17. The normalized spacial score (nSPS) is 26.7. The van der Waals surface area contributed by atoms with Crippen molar-refractivity contribution in [1.29, 1.82) is 0 Å². The van der Waals surface area contributed by atoms with Gasteiger partial charge in [-0.25, -0.2) is 0 Å². The maximum atomic E-state index is 11.3. The molecule has 0 aliphatic carbocycles. The summed E-state index contributed by atoms with van der Waals surface area (Å²) >= 11 is 0. The topological polar surface area (TPSA) is 143 Å². The molecule has 1 fully saturated rings. The number of aromatic nitrogens is 2. The van der Waals surface area contributed by atoms with Crippen LogP contribution in [0.15, 0.2) is 12.4 Å². The number of hydrogen-bond acceptors (Lipinski definition) is 9. The first-order chi connectivity index (χ1) is 10.8. The molecule has 11 nitrogen and oxygen atoms in total. The molecule has 126 valence electrons. The zero-order valence-electron chi connectivity index (χ0n) is 12.3. The quantitative estimate of drug-likeness (QED) is 0.431. The molecular weight excluding hydrogens is 314 g/mol. The molecule has 1 aliphatic heterocycles. The smallest absolute Gasteiger partial charge is 0.436 e. The molecule has 1 aromatic heterocycles. The van der Waals surface area contributed by atoms with Crippen LogP contribution in [0.3, 0.4) is 0 Å². The van der Waals surface area contributed by atoms with Crippen LogP contribution in [0.2, 0.25) is 0 Å². The molecule has 4 atom stereocenters. The van der Waals surface area contributed by atoms with E-state index in [1.54, 1.807) is 0 Å². The number of carbonyl (C=O) groups excluding carboxylic acids is 2. The van der Waals surface area contributed by atoms with Gasteiger partial charge in [-0.05, 0) is 4.92 Å². The molecule has 0 aromatic carbocycles. The molecule has 0 saturated carbocycles. The van der Waals surface area contributed by atoms with Crippen LogP contribution in [-0.4, -0.2) is 56.4 Å². The summed E-state index contributed by atoms with van der Waals surface area (Å²) in [7, 11) is 0. The van der Waals surface area contributed by atoms with Crippen LogP contribution >= 0.6 is 0 Å². The first kappa shape index (κ1) is 16.8. The second-order valence-corrected chi connectivity index (χ2v) is 4.79. The third-order valence-electron chi connectivity index (χ3n) is 3.16. The Morgan fingerprint density at radius 2 is 2.00 bits per heavy atom. The number of esters is 2. The summed E-state index contributed by atoms with van der Waals surface area (Å²) in [5.74, 6) is -1.90. The zero-order valence-corrected chi connectivity index (χ0v) is 12.3. The van der Waals surface area contributed by atoms with Crippen molar-refractivity contribution in [3.63, 3.8) is 0 Å². The van der Waals surface area contributed by atoms with E-state index in [1.165, 1.54) is 12.4 Å². The highest BCUT2D eigenvalue weighted by Crippen LogP contribution is 2.35. The standard InChI is InChI=1S/C12H15N3O8/c1-6(17)21-9-8(5-16)23-11(10(9)22-7(2)18)14-4-3-13-12(14)15(19)20/h3-4,8-11,16H,5H2,1-2H3/t8-,9-,10+,11+/m1/s1. The largest absolute Gasteiger partial charge is 0.455 e. The number of hydrogen-bond donors (Lipinski definition) is 1. The van der Waals surface area contributed by atoms with Gasteiger partial charge < -0.3 is 29.4 Å². The summed E-state index contributed by atoms with van der Waals surface area (Å²) in [6.45, 7) is 1.75. The summed E-state index contributed by atoms with van der Waals surface area (Å²) in [5.41, 5.74) is 0. The summed E-state index contributed by atoms with van der Waals surface area (Å²) in [6.07, 6.45) is -1.99. The molecule has 0 bridgehead atoms. The van der Waals surface area contributed by atoms with Crippen LogP contribution in [0.25, 0.3) is 0 Å². The molecule has 0 spiro atoms. The Morgan fingerprint density at radius 3 is 2.52 bits per heavy atom. The van der Waals surface area contributed by atoms with E-state index in [4.69, 9.17) is 14.2 Å². The van der Waals surface area contributed by atoms with Gasteiger partial charge in [-0.3, -0.25) is 9.59 Å². The number of rotatable bonds is 5. The average Bonchev–Trinajstić information content (AvgIpc) is 3.04. The van der Waals surface area contributed by atoms with Crippen molar-refractivity contribution >= 4 is 17.9 Å². The van der Waals surface area contributed by atoms with Crippen LogP contribution in [0.4, 0.5) is 5.95 Å². The minimum absolute atomic E-state index is 0.533. The van der Waals surface area contributed by atoms with Crippen molar-refractivity contribution in [3.05, 3.63) is 22.5 Å². The van der Waals surface area contributed by atoms with Gasteiger partial charge in [0.05, 0.1) is 6.61 Å². The van der Waals surface area contributed by atoms with E-state index in [1.807, 2.05) is 0 Å². The van der Waals surface area contributed by atoms with E-state index in [-0.39, 0.29) is 0 Å². The van der Waals surface area contributed by atoms with Gasteiger partial charge >= 0.3 is 17.9 Å². The van der Waals surface area contributed by atoms with Crippen LogP contribution in [0, 0.1) is 10.1 Å². The second-order valence-electron chi connectivity index (χ2n) is 4.79. The van der Waals surface area contributed by atoms with Crippen LogP contribution < -0.4 is 0 Å². The van der Waals surface area contributed by atoms with Gasteiger partial charge in [-0.15, -0.1) is 0 Å². The number of imidazole rings is 1. The van der Waals surface area contributed by atoms with Crippen LogP contribution in [0.1, 0.15) is 20.1 Å². The van der Waals surface area contributed by atoms with Crippen LogP contribution in [0.5, 0.6) is 0 Å². The molecule has 1 aliphatic rings. The molecule has 0 amide bonds. The van der Waals surface area contributed by atoms with Gasteiger partial charge in [0.1, 0.15) is 18.5 Å². The number of aliphatic hydroxyl groups is 1. The lowest BCUT2D eigenvalue weighted by molar-refractivity contribution is -0.398. The highest BCUT2D eigenvalue weighted by Gasteiger charge is 2.52. The lowest BCUT2D eigenvalue weighted by Gasteiger charge is -2.22. The zero-order chi connectivity index (χ0) is 17.1. The maximum absolute atomic E-state index is 11.3. The molecule has 11 heteroatoms. The molecule has 2 heterocycles. The molecule has 2 rings (SSSR count). The molecule has 23 heavy (non-hydrogen) atoms. The predicted octanol–water partition coefficient (Wildman–Crippen LogP) is -0.456. The van der Waals surface area contributed by atoms with E-state index in [2.05, 4.69) is 4.98 Å². The fraction of sp³-hybridized carbons (Fsp3) is 0.583. The highest BCUT2D eigenvalue weighted by atomic mass is 16.7. The summed E-state index contributed by atoms with van der Waals surface area (Å²) in [6, 6.07) is 0. The average molecular weight is 329 g/mol. The van der Waals surface area contributed by atoms with Crippen molar-refractivity contribution in [3.8, 4) is 0 Å². The van der Waals surface area contributed by atoms with Gasteiger partial charge in [0.25, 0.3) is 0 Å². The summed E-state index contributed by atoms with van der Waals surface area (Å²) < 4.78 is 16.7. The monoisotopic (exact) mass is 329 g/mol. The first-order valence-corrected chi connectivity index (χ1v) is 6.63. The molecule has 1 saturated heterocycles. The SMILES string of the molecule is CC(=O)O[C@H]1[C@H](OC(C)=O)[C@@H](n2ccnc2[N+](=O)[O-])O[C@@H]1CO. The number of aliphatic hydroxyl groups excluding tert-OH is 1. The molecule has 1 aromatic rings. The third-order valence-corrected chi connectivity index (χ3v) is 3.16. The van der Waals surface area contributed by atoms with Crippen molar-refractivity contribution in [2.24, 2.45) is 0 Å². The fourth-order valence-electron chi connectivity index (χ4n) is 2.38. The molecular formula is C12H15N3O8. The van der Waals surface area contributed by atoms with E-state index in [0.717, 1.165) is 18.4 Å². The molecule has 1 N–H and O–H groups in total. The Kier molecular flexibility index (Phi) is 4.91. The Labute approximate surface area is 129 Å². The fourth-order valence-corrected chi connectivity index (χ4v) is 2.38. The Morgan fingerprint density at radius 1 is 1.39 bits per heavy atom. The Hall–Kier alpha value is -2.53. The van der Waals surface area contributed by atoms with Gasteiger partial charge in [0.2, 0.25) is 6.23 Å². The van der Waals surface area contributed by atoms with Gasteiger partial charge in [-0.1, -0.05) is 4.98 Å². The number of nitrogens with zero attached hydrogens (tertiary/aromatic N) is 3. The Bertz CT molecular complexity index is 615. The number of carbonyl (C=O) groups is 2. The third kappa shape index (κ3) is 3.46. The number of nitro groups is 1. The van der Waals surface area contributed by atoms with E-state index >= 15 is 0 Å². The summed E-state index contributed by atoms with van der Waals surface area (Å²) in [5, 5.41) is 20.4. The van der Waals surface area contributed by atoms with Crippen molar-refractivity contribution in [1.82, 2.24) is 9.55 Å². The van der Waals surface area contributed by atoms with E-state index < -0.39 is 54.0 Å². The summed E-state index contributed by atoms with van der Waals surface area (Å²) in [4.78, 5) is 36.4. The Balaban J connectivity index is 2.39. The van der Waals surface area contributed by atoms with E-state index in [0.29, 0.717) is 0 Å². The van der Waals surface area contributed by atoms with Crippen LogP contribution in [-0.2, 0) is 23.8 Å². The number of ether oxygens (including phenoxy) is 3.